The maximum absolute atomic E-state index is 12.4. The van der Waals surface area contributed by atoms with Crippen molar-refractivity contribution >= 4 is 11.9 Å². The van der Waals surface area contributed by atoms with Gasteiger partial charge >= 0.3 is 5.97 Å². The van der Waals surface area contributed by atoms with E-state index in [9.17, 15) is 19.5 Å². The first kappa shape index (κ1) is 19.0. The topological polar surface area (TPSA) is 131 Å². The minimum atomic E-state index is -1.20. The maximum Gasteiger partial charge on any atom is 0.326 e. The lowest BCUT2D eigenvalue weighted by molar-refractivity contribution is -0.139. The van der Waals surface area contributed by atoms with Crippen molar-refractivity contribution in [1.29, 1.82) is 0 Å². The van der Waals surface area contributed by atoms with Crippen LogP contribution in [0.1, 0.15) is 30.3 Å². The molecule has 0 bridgehead atoms. The summed E-state index contributed by atoms with van der Waals surface area (Å²) < 4.78 is 6.08. The van der Waals surface area contributed by atoms with E-state index >= 15 is 0 Å². The molecule has 0 saturated heterocycles. The molecule has 0 aliphatic heterocycles. The van der Waals surface area contributed by atoms with Crippen LogP contribution in [0.5, 0.6) is 11.5 Å². The summed E-state index contributed by atoms with van der Waals surface area (Å²) in [7, 11) is 1.42. The van der Waals surface area contributed by atoms with Crippen molar-refractivity contribution in [3.8, 4) is 17.2 Å². The van der Waals surface area contributed by atoms with E-state index in [2.05, 4.69) is 10.4 Å². The van der Waals surface area contributed by atoms with Crippen LogP contribution in [0, 0.1) is 0 Å². The lowest BCUT2D eigenvalue weighted by Gasteiger charge is -2.15. The molecule has 9 heteroatoms. The van der Waals surface area contributed by atoms with Gasteiger partial charge in [0.2, 0.25) is 0 Å². The zero-order valence-electron chi connectivity index (χ0n) is 14.3. The Kier molecular flexibility index (Phi) is 5.94. The number of carbonyl (C=O) groups is 2. The lowest BCUT2D eigenvalue weighted by atomic mass is 10.1. The van der Waals surface area contributed by atoms with Crippen LogP contribution >= 0.6 is 0 Å². The monoisotopic (exact) mass is 361 g/mol. The Bertz CT molecular complexity index is 877. The minimum Gasteiger partial charge on any atom is -0.505 e. The van der Waals surface area contributed by atoms with Crippen molar-refractivity contribution in [2.24, 2.45) is 0 Å². The quantitative estimate of drug-likeness (QED) is 0.668. The molecule has 0 aliphatic rings. The number of hydrogen-bond acceptors (Lipinski definition) is 6. The first-order valence-corrected chi connectivity index (χ1v) is 7.89. The third-order valence-corrected chi connectivity index (χ3v) is 3.62. The average Bonchev–Trinajstić information content (AvgIpc) is 2.61. The number of carboxylic acids is 1. The van der Waals surface area contributed by atoms with E-state index in [4.69, 9.17) is 9.84 Å². The van der Waals surface area contributed by atoms with E-state index in [1.807, 2.05) is 0 Å². The Balaban J connectivity index is 2.46. The molecule has 0 fully saturated rings. The van der Waals surface area contributed by atoms with E-state index in [-0.39, 0.29) is 12.1 Å². The van der Waals surface area contributed by atoms with Gasteiger partial charge in [-0.1, -0.05) is 25.5 Å². The molecule has 1 atom stereocenters. The second-order valence-corrected chi connectivity index (χ2v) is 5.45. The summed E-state index contributed by atoms with van der Waals surface area (Å²) in [6.07, 6.45) is 0.755. The van der Waals surface area contributed by atoms with Crippen molar-refractivity contribution in [2.45, 2.75) is 25.8 Å². The van der Waals surface area contributed by atoms with E-state index in [1.165, 1.54) is 7.11 Å². The Morgan fingerprint density at radius 3 is 2.65 bits per heavy atom. The van der Waals surface area contributed by atoms with Crippen LogP contribution in [0.25, 0.3) is 5.69 Å². The molecule has 1 aromatic heterocycles. The molecule has 0 aliphatic carbocycles. The Morgan fingerprint density at radius 1 is 1.35 bits per heavy atom. The van der Waals surface area contributed by atoms with Gasteiger partial charge in [0.05, 0.1) is 7.11 Å². The number of nitrogens with zero attached hydrogens (tertiary/aromatic N) is 2. The molecule has 9 nitrogen and oxygen atoms in total. The summed E-state index contributed by atoms with van der Waals surface area (Å²) in [6.45, 7) is 1.78. The fraction of sp³-hybridized carbons (Fsp3) is 0.294. The smallest absolute Gasteiger partial charge is 0.326 e. The molecule has 1 aromatic carbocycles. The van der Waals surface area contributed by atoms with Crippen LogP contribution in [-0.4, -0.2) is 45.0 Å². The molecule has 3 N–H and O–H groups in total. The van der Waals surface area contributed by atoms with Crippen LogP contribution < -0.4 is 15.6 Å². The fourth-order valence-electron chi connectivity index (χ4n) is 2.36. The standard InChI is InChI=1S/C17H19N3O6/c1-3-6-10(17(24)25)18-16(23)15-12(21)9-14(22)20(19-15)11-7-4-5-8-13(11)26-2/h4-5,7-10,21H,3,6H2,1-2H3,(H,18,23)(H,24,25). The number of benzene rings is 1. The first-order chi connectivity index (χ1) is 12.4. The van der Waals surface area contributed by atoms with Gasteiger partial charge in [-0.2, -0.15) is 9.78 Å². The van der Waals surface area contributed by atoms with Crippen molar-refractivity contribution in [3.05, 3.63) is 46.4 Å². The SMILES string of the molecule is CCCC(NC(=O)c1nn(-c2ccccc2OC)c(=O)cc1O)C(=O)O. The highest BCUT2D eigenvalue weighted by atomic mass is 16.5. The second-order valence-electron chi connectivity index (χ2n) is 5.45. The number of aromatic nitrogens is 2. The van der Waals surface area contributed by atoms with Gasteiger partial charge in [-0.15, -0.1) is 0 Å². The number of carboxylic acid groups (broad SMARTS) is 1. The summed E-state index contributed by atoms with van der Waals surface area (Å²) >= 11 is 0. The van der Waals surface area contributed by atoms with Gasteiger partial charge in [0, 0.05) is 6.07 Å². The molecule has 0 saturated carbocycles. The van der Waals surface area contributed by atoms with E-state index < -0.39 is 34.9 Å². The molecule has 2 aromatic rings. The molecule has 2 rings (SSSR count). The number of aromatic hydroxyl groups is 1. The molecule has 1 heterocycles. The van der Waals surface area contributed by atoms with E-state index in [1.54, 1.807) is 31.2 Å². The van der Waals surface area contributed by atoms with Gasteiger partial charge in [0.1, 0.15) is 17.5 Å². The number of amides is 1. The fourth-order valence-corrected chi connectivity index (χ4v) is 2.36. The number of ether oxygens (including phenoxy) is 1. The third kappa shape index (κ3) is 4.00. The van der Waals surface area contributed by atoms with Gasteiger partial charge in [-0.3, -0.25) is 9.59 Å². The van der Waals surface area contributed by atoms with Crippen LogP contribution in [0.4, 0.5) is 0 Å². The molecule has 1 unspecified atom stereocenters. The highest BCUT2D eigenvalue weighted by Crippen LogP contribution is 2.21. The van der Waals surface area contributed by atoms with Gasteiger partial charge < -0.3 is 20.3 Å². The van der Waals surface area contributed by atoms with Crippen LogP contribution in [0.3, 0.4) is 0 Å². The Morgan fingerprint density at radius 2 is 2.04 bits per heavy atom. The Labute approximate surface area is 148 Å². The Hall–Kier alpha value is -3.36. The van der Waals surface area contributed by atoms with Crippen LogP contribution in [-0.2, 0) is 4.79 Å². The summed E-state index contributed by atoms with van der Waals surface area (Å²) in [4.78, 5) is 35.7. The number of carbonyl (C=O) groups excluding carboxylic acids is 1. The number of aliphatic carboxylic acids is 1. The number of hydrogen-bond donors (Lipinski definition) is 3. The highest BCUT2D eigenvalue weighted by molar-refractivity contribution is 5.96. The second kappa shape index (κ2) is 8.15. The summed E-state index contributed by atoms with van der Waals surface area (Å²) in [5, 5.41) is 25.3. The summed E-state index contributed by atoms with van der Waals surface area (Å²) in [5.74, 6) is -2.39. The van der Waals surface area contributed by atoms with Crippen LogP contribution in [0.15, 0.2) is 35.1 Å². The predicted molar refractivity (Wildman–Crippen MR) is 91.8 cm³/mol. The zero-order chi connectivity index (χ0) is 19.3. The third-order valence-electron chi connectivity index (χ3n) is 3.62. The molecule has 0 spiro atoms. The zero-order valence-corrected chi connectivity index (χ0v) is 14.3. The van der Waals surface area contributed by atoms with E-state index in [0.717, 1.165) is 10.7 Å². The maximum atomic E-state index is 12.4. The summed E-state index contributed by atoms with van der Waals surface area (Å²) in [6, 6.07) is 6.23. The van der Waals surface area contributed by atoms with Gasteiger partial charge in [0.25, 0.3) is 11.5 Å². The largest absolute Gasteiger partial charge is 0.505 e. The molecular weight excluding hydrogens is 342 g/mol. The molecular formula is C17H19N3O6. The van der Waals surface area contributed by atoms with Gasteiger partial charge in [-0.05, 0) is 18.6 Å². The molecule has 26 heavy (non-hydrogen) atoms. The van der Waals surface area contributed by atoms with Crippen molar-refractivity contribution < 1.29 is 24.5 Å². The normalized spacial score (nSPS) is 11.6. The first-order valence-electron chi connectivity index (χ1n) is 7.89. The molecule has 0 radical (unpaired) electrons. The molecule has 1 amide bonds. The summed E-state index contributed by atoms with van der Waals surface area (Å²) in [5.41, 5.74) is -0.859. The number of rotatable bonds is 7. The van der Waals surface area contributed by atoms with Crippen molar-refractivity contribution in [2.75, 3.05) is 7.11 Å². The van der Waals surface area contributed by atoms with E-state index in [0.29, 0.717) is 12.2 Å². The van der Waals surface area contributed by atoms with Gasteiger partial charge in [-0.25, -0.2) is 4.79 Å². The van der Waals surface area contributed by atoms with Crippen molar-refractivity contribution in [3.63, 3.8) is 0 Å². The predicted octanol–water partition coefficient (Wildman–Crippen LogP) is 0.930. The lowest BCUT2D eigenvalue weighted by Crippen LogP contribution is -2.41. The van der Waals surface area contributed by atoms with Crippen LogP contribution in [0.2, 0.25) is 0 Å². The molecule has 138 valence electrons. The minimum absolute atomic E-state index is 0.216. The number of nitrogens with one attached hydrogen (secondary N) is 1. The van der Waals surface area contributed by atoms with Gasteiger partial charge in [0.15, 0.2) is 11.4 Å². The van der Waals surface area contributed by atoms with Crippen molar-refractivity contribution in [1.82, 2.24) is 15.1 Å². The average molecular weight is 361 g/mol. The number of para-hydroxylation sites is 2. The highest BCUT2D eigenvalue weighted by Gasteiger charge is 2.24. The number of methoxy groups -OCH3 is 1.